The molecule has 4 N–H and O–H groups in total. The Bertz CT molecular complexity index is 202. The summed E-state index contributed by atoms with van der Waals surface area (Å²) in [6.07, 6.45) is -0.478. The standard InChI is InChI=1S/C9H18N2O3/c1-11-7-4-14-9-5(8(7)12)2-13-3-6(9)10/h5-9,11-12H,2-4,10H2,1H3/t5-,6+,7-,8+,9-/m1/s1. The van der Waals surface area contributed by atoms with Gasteiger partial charge in [-0.25, -0.2) is 0 Å². The van der Waals surface area contributed by atoms with Gasteiger partial charge in [0.15, 0.2) is 0 Å². The van der Waals surface area contributed by atoms with Crippen molar-refractivity contribution in [2.75, 3.05) is 26.9 Å². The normalized spacial score (nSPS) is 48.6. The Morgan fingerprint density at radius 2 is 2.14 bits per heavy atom. The van der Waals surface area contributed by atoms with Crippen LogP contribution >= 0.6 is 0 Å². The molecule has 2 fully saturated rings. The van der Waals surface area contributed by atoms with Gasteiger partial charge in [0.1, 0.15) is 0 Å². The lowest BCUT2D eigenvalue weighted by Crippen LogP contribution is -2.63. The molecule has 0 aromatic heterocycles. The average molecular weight is 202 g/mol. The van der Waals surface area contributed by atoms with Crippen molar-refractivity contribution in [2.24, 2.45) is 11.7 Å². The first-order valence-electron chi connectivity index (χ1n) is 5.04. The summed E-state index contributed by atoms with van der Waals surface area (Å²) in [6, 6.07) is -0.119. The van der Waals surface area contributed by atoms with E-state index < -0.39 is 6.10 Å². The lowest BCUT2D eigenvalue weighted by molar-refractivity contribution is -0.168. The number of hydrogen-bond donors (Lipinski definition) is 3. The molecule has 5 heteroatoms. The highest BCUT2D eigenvalue weighted by Gasteiger charge is 2.43. The number of ether oxygens (including phenoxy) is 2. The Labute approximate surface area is 83.6 Å². The Morgan fingerprint density at radius 3 is 2.86 bits per heavy atom. The largest absolute Gasteiger partial charge is 0.391 e. The molecule has 0 unspecified atom stereocenters. The van der Waals surface area contributed by atoms with Crippen molar-refractivity contribution in [1.82, 2.24) is 5.32 Å². The maximum atomic E-state index is 10.0. The van der Waals surface area contributed by atoms with Gasteiger partial charge < -0.3 is 25.6 Å². The number of hydrogen-bond acceptors (Lipinski definition) is 5. The number of fused-ring (bicyclic) bond motifs is 1. The van der Waals surface area contributed by atoms with Crippen molar-refractivity contribution < 1.29 is 14.6 Å². The predicted octanol–water partition coefficient (Wildman–Crippen LogP) is -1.69. The van der Waals surface area contributed by atoms with E-state index in [4.69, 9.17) is 15.2 Å². The predicted molar refractivity (Wildman–Crippen MR) is 50.9 cm³/mol. The summed E-state index contributed by atoms with van der Waals surface area (Å²) in [7, 11) is 1.82. The van der Waals surface area contributed by atoms with Crippen LogP contribution in [0.25, 0.3) is 0 Å². The summed E-state index contributed by atoms with van der Waals surface area (Å²) in [5.74, 6) is 0.00458. The Hall–Kier alpha value is -0.200. The third-order valence-corrected chi connectivity index (χ3v) is 3.15. The van der Waals surface area contributed by atoms with Crippen molar-refractivity contribution in [1.29, 1.82) is 0 Å². The van der Waals surface area contributed by atoms with Crippen molar-refractivity contribution >= 4 is 0 Å². The van der Waals surface area contributed by atoms with E-state index in [-0.39, 0.29) is 24.1 Å². The number of nitrogens with one attached hydrogen (secondary N) is 1. The highest BCUT2D eigenvalue weighted by molar-refractivity contribution is 4.96. The van der Waals surface area contributed by atoms with E-state index in [2.05, 4.69) is 5.32 Å². The maximum absolute atomic E-state index is 10.0. The molecule has 2 rings (SSSR count). The lowest BCUT2D eigenvalue weighted by atomic mass is 9.84. The SMILES string of the molecule is CN[C@@H]1CO[C@@H]2[C@H](COC[C@@H]2N)[C@@H]1O. The van der Waals surface area contributed by atoms with E-state index in [1.165, 1.54) is 0 Å². The topological polar surface area (TPSA) is 76.7 Å². The summed E-state index contributed by atoms with van der Waals surface area (Å²) in [6.45, 7) is 1.59. The molecule has 2 aliphatic rings. The zero-order chi connectivity index (χ0) is 10.1. The van der Waals surface area contributed by atoms with Gasteiger partial charge in [0.05, 0.1) is 44.1 Å². The molecule has 2 heterocycles. The molecular weight excluding hydrogens is 184 g/mol. The highest BCUT2D eigenvalue weighted by atomic mass is 16.5. The fourth-order valence-corrected chi connectivity index (χ4v) is 2.25. The molecular formula is C9H18N2O3. The maximum Gasteiger partial charge on any atom is 0.0824 e. The highest BCUT2D eigenvalue weighted by Crippen LogP contribution is 2.27. The quantitative estimate of drug-likeness (QED) is 0.473. The molecule has 2 aliphatic heterocycles. The first kappa shape index (κ1) is 10.3. The second-order valence-electron chi connectivity index (χ2n) is 4.05. The summed E-state index contributed by atoms with van der Waals surface area (Å²) in [5, 5.41) is 13.0. The smallest absolute Gasteiger partial charge is 0.0824 e. The molecule has 0 bridgehead atoms. The summed E-state index contributed by atoms with van der Waals surface area (Å²) in [4.78, 5) is 0. The first-order valence-corrected chi connectivity index (χ1v) is 5.04. The molecule has 0 amide bonds. The summed E-state index contributed by atoms with van der Waals surface area (Å²) >= 11 is 0. The number of rotatable bonds is 1. The third kappa shape index (κ3) is 1.66. The molecule has 0 spiro atoms. The van der Waals surface area contributed by atoms with Gasteiger partial charge in [-0.3, -0.25) is 0 Å². The Kier molecular flexibility index (Phi) is 3.04. The molecule has 0 aromatic carbocycles. The van der Waals surface area contributed by atoms with Gasteiger partial charge >= 0.3 is 0 Å². The van der Waals surface area contributed by atoms with Crippen molar-refractivity contribution in [3.63, 3.8) is 0 Å². The van der Waals surface area contributed by atoms with Crippen LogP contribution < -0.4 is 11.1 Å². The van der Waals surface area contributed by atoms with Gasteiger partial charge in [-0.05, 0) is 7.05 Å². The first-order chi connectivity index (χ1) is 6.74. The number of aliphatic hydroxyl groups is 1. The van der Waals surface area contributed by atoms with Crippen LogP contribution in [0, 0.1) is 5.92 Å². The second kappa shape index (κ2) is 4.12. The van der Waals surface area contributed by atoms with E-state index in [1.54, 1.807) is 0 Å². The van der Waals surface area contributed by atoms with Gasteiger partial charge in [0.25, 0.3) is 0 Å². The Morgan fingerprint density at radius 1 is 1.36 bits per heavy atom. The van der Waals surface area contributed by atoms with Crippen molar-refractivity contribution in [3.8, 4) is 0 Å². The number of aliphatic hydroxyl groups excluding tert-OH is 1. The molecule has 0 radical (unpaired) electrons. The van der Waals surface area contributed by atoms with Crippen LogP contribution in [-0.2, 0) is 9.47 Å². The van der Waals surface area contributed by atoms with Crippen LogP contribution in [0.3, 0.4) is 0 Å². The monoisotopic (exact) mass is 202 g/mol. The molecule has 82 valence electrons. The third-order valence-electron chi connectivity index (χ3n) is 3.15. The van der Waals surface area contributed by atoms with Crippen LogP contribution in [0.4, 0.5) is 0 Å². The molecule has 0 aromatic rings. The zero-order valence-electron chi connectivity index (χ0n) is 8.35. The van der Waals surface area contributed by atoms with Crippen LogP contribution in [0.15, 0.2) is 0 Å². The minimum atomic E-state index is -0.426. The second-order valence-corrected chi connectivity index (χ2v) is 4.05. The minimum Gasteiger partial charge on any atom is -0.391 e. The van der Waals surface area contributed by atoms with Gasteiger partial charge in [-0.15, -0.1) is 0 Å². The fraction of sp³-hybridized carbons (Fsp3) is 1.00. The van der Waals surface area contributed by atoms with Gasteiger partial charge in [-0.1, -0.05) is 0 Å². The van der Waals surface area contributed by atoms with Crippen LogP contribution in [0.2, 0.25) is 0 Å². The van der Waals surface area contributed by atoms with E-state index in [1.807, 2.05) is 7.05 Å². The van der Waals surface area contributed by atoms with Crippen LogP contribution in [0.5, 0.6) is 0 Å². The van der Waals surface area contributed by atoms with Crippen LogP contribution in [-0.4, -0.2) is 56.3 Å². The summed E-state index contributed by atoms with van der Waals surface area (Å²) < 4.78 is 11.0. The number of nitrogens with two attached hydrogens (primary N) is 1. The van der Waals surface area contributed by atoms with E-state index in [9.17, 15) is 5.11 Å². The van der Waals surface area contributed by atoms with Crippen molar-refractivity contribution in [2.45, 2.75) is 24.3 Å². The lowest BCUT2D eigenvalue weighted by Gasteiger charge is -2.45. The number of likely N-dealkylation sites (N-methyl/N-ethyl adjacent to an activating group) is 1. The molecule has 0 saturated carbocycles. The van der Waals surface area contributed by atoms with Gasteiger partial charge in [0, 0.05) is 5.92 Å². The molecule has 5 atom stereocenters. The Balaban J connectivity index is 2.06. The summed E-state index contributed by atoms with van der Waals surface area (Å²) in [5.41, 5.74) is 5.86. The van der Waals surface area contributed by atoms with Crippen molar-refractivity contribution in [3.05, 3.63) is 0 Å². The molecule has 5 nitrogen and oxygen atoms in total. The molecule has 2 saturated heterocycles. The fourth-order valence-electron chi connectivity index (χ4n) is 2.25. The molecule has 0 aliphatic carbocycles. The molecule has 14 heavy (non-hydrogen) atoms. The zero-order valence-corrected chi connectivity index (χ0v) is 8.35. The average Bonchev–Trinajstić information content (AvgIpc) is 2.20. The van der Waals surface area contributed by atoms with E-state index >= 15 is 0 Å². The van der Waals surface area contributed by atoms with E-state index in [0.29, 0.717) is 19.8 Å². The van der Waals surface area contributed by atoms with Crippen LogP contribution in [0.1, 0.15) is 0 Å². The minimum absolute atomic E-state index is 0.00458. The van der Waals surface area contributed by atoms with E-state index in [0.717, 1.165) is 0 Å². The van der Waals surface area contributed by atoms with Gasteiger partial charge in [-0.2, -0.15) is 0 Å². The van der Waals surface area contributed by atoms with Gasteiger partial charge in [0.2, 0.25) is 0 Å².